The first-order valence-electron chi connectivity index (χ1n) is 12.5. The van der Waals surface area contributed by atoms with Crippen molar-refractivity contribution < 1.29 is 4.79 Å². The van der Waals surface area contributed by atoms with E-state index in [9.17, 15) is 4.79 Å². The van der Waals surface area contributed by atoms with Gasteiger partial charge in [0.2, 0.25) is 5.91 Å². The van der Waals surface area contributed by atoms with Gasteiger partial charge < -0.3 is 14.9 Å². The number of aromatic amines is 1. The lowest BCUT2D eigenvalue weighted by atomic mass is 10.0. The molecule has 2 heterocycles. The van der Waals surface area contributed by atoms with Crippen molar-refractivity contribution in [2.45, 2.75) is 45.2 Å². The molecule has 5 rings (SSSR count). The van der Waals surface area contributed by atoms with E-state index in [2.05, 4.69) is 85.7 Å². The van der Waals surface area contributed by atoms with Crippen LogP contribution in [0.15, 0.2) is 91.1 Å². The number of carbonyl (C=O) groups excluding carboxylic acids is 1. The summed E-state index contributed by atoms with van der Waals surface area (Å²) >= 11 is 0. The van der Waals surface area contributed by atoms with Gasteiger partial charge in [0.25, 0.3) is 0 Å². The first-order chi connectivity index (χ1) is 17.7. The number of benzene rings is 3. The van der Waals surface area contributed by atoms with Crippen LogP contribution in [0.25, 0.3) is 10.9 Å². The maximum absolute atomic E-state index is 12.3. The van der Waals surface area contributed by atoms with E-state index in [1.54, 1.807) is 6.92 Å². The van der Waals surface area contributed by atoms with Crippen molar-refractivity contribution in [3.05, 3.63) is 119 Å². The molecule has 2 N–H and O–H groups in total. The molecule has 3 aromatic carbocycles. The Bertz CT molecular complexity index is 1420. The number of H-pyrrole nitrogens is 1. The third-order valence-electron chi connectivity index (χ3n) is 6.59. The van der Waals surface area contributed by atoms with Crippen LogP contribution >= 0.6 is 0 Å². The SMILES string of the molecule is CC(=O)N[C@H](Cc1c[nH]c2ccccc12)c1nnc(CCc2ccccc2)n1CCc1ccccc1. The van der Waals surface area contributed by atoms with Crippen LogP contribution < -0.4 is 5.32 Å². The van der Waals surface area contributed by atoms with Gasteiger partial charge in [-0.15, -0.1) is 10.2 Å². The second kappa shape index (κ2) is 11.0. The molecule has 0 aliphatic carbocycles. The Morgan fingerprint density at radius 1 is 0.861 bits per heavy atom. The number of amides is 1. The summed E-state index contributed by atoms with van der Waals surface area (Å²) in [7, 11) is 0. The highest BCUT2D eigenvalue weighted by Crippen LogP contribution is 2.25. The Morgan fingerprint density at radius 2 is 1.53 bits per heavy atom. The lowest BCUT2D eigenvalue weighted by Gasteiger charge is -2.19. The molecule has 182 valence electrons. The number of rotatable bonds is 10. The van der Waals surface area contributed by atoms with Crippen molar-refractivity contribution in [3.8, 4) is 0 Å². The molecule has 0 saturated heterocycles. The van der Waals surface area contributed by atoms with Crippen LogP contribution in [-0.4, -0.2) is 25.7 Å². The zero-order chi connectivity index (χ0) is 24.7. The molecule has 36 heavy (non-hydrogen) atoms. The summed E-state index contributed by atoms with van der Waals surface area (Å²) in [6.45, 7) is 2.31. The number of aromatic nitrogens is 4. The topological polar surface area (TPSA) is 75.6 Å². The van der Waals surface area contributed by atoms with Crippen molar-refractivity contribution in [2.24, 2.45) is 0 Å². The Hall–Kier alpha value is -4.19. The first kappa shape index (κ1) is 23.5. The Labute approximate surface area is 211 Å². The fourth-order valence-corrected chi connectivity index (χ4v) is 4.79. The van der Waals surface area contributed by atoms with Crippen LogP contribution in [0.4, 0.5) is 0 Å². The molecule has 0 fully saturated rings. The van der Waals surface area contributed by atoms with E-state index in [1.807, 2.05) is 30.5 Å². The molecule has 0 radical (unpaired) electrons. The van der Waals surface area contributed by atoms with Crippen molar-refractivity contribution in [1.82, 2.24) is 25.1 Å². The molecular formula is C30H31N5O. The van der Waals surface area contributed by atoms with E-state index in [4.69, 9.17) is 0 Å². The number of carbonyl (C=O) groups is 1. The van der Waals surface area contributed by atoms with Crippen molar-refractivity contribution in [1.29, 1.82) is 0 Å². The third kappa shape index (κ3) is 5.54. The highest BCUT2D eigenvalue weighted by molar-refractivity contribution is 5.83. The number of aryl methyl sites for hydroxylation is 3. The monoisotopic (exact) mass is 477 g/mol. The Kier molecular flexibility index (Phi) is 7.22. The van der Waals surface area contributed by atoms with Gasteiger partial charge in [0.1, 0.15) is 5.82 Å². The van der Waals surface area contributed by atoms with E-state index in [1.165, 1.54) is 11.1 Å². The quantitative estimate of drug-likeness (QED) is 0.290. The number of hydrogen-bond acceptors (Lipinski definition) is 3. The Balaban J connectivity index is 1.46. The zero-order valence-corrected chi connectivity index (χ0v) is 20.5. The van der Waals surface area contributed by atoms with Crippen LogP contribution in [0.5, 0.6) is 0 Å². The first-order valence-corrected chi connectivity index (χ1v) is 12.5. The maximum atomic E-state index is 12.3. The van der Waals surface area contributed by atoms with Gasteiger partial charge in [-0.3, -0.25) is 4.79 Å². The van der Waals surface area contributed by atoms with Gasteiger partial charge in [-0.05, 0) is 35.6 Å². The van der Waals surface area contributed by atoms with Crippen molar-refractivity contribution in [3.63, 3.8) is 0 Å². The average Bonchev–Trinajstić information content (AvgIpc) is 3.51. The summed E-state index contributed by atoms with van der Waals surface area (Å²) < 4.78 is 2.21. The molecule has 6 heteroatoms. The van der Waals surface area contributed by atoms with Gasteiger partial charge >= 0.3 is 0 Å². The number of nitrogens with zero attached hydrogens (tertiary/aromatic N) is 3. The van der Waals surface area contributed by atoms with Crippen LogP contribution in [0.1, 0.15) is 41.3 Å². The number of para-hydroxylation sites is 1. The smallest absolute Gasteiger partial charge is 0.217 e. The standard InChI is InChI=1S/C30H31N5O/c1-22(36)32-28(20-25-21-31-27-15-9-8-14-26(25)27)30-34-33-29(17-16-23-10-4-2-5-11-23)35(30)19-18-24-12-6-3-7-13-24/h2-15,21,28,31H,16-20H2,1H3,(H,32,36)/t28-/m1/s1. The summed E-state index contributed by atoms with van der Waals surface area (Å²) in [5.41, 5.74) is 4.77. The van der Waals surface area contributed by atoms with E-state index < -0.39 is 0 Å². The minimum absolute atomic E-state index is 0.0803. The van der Waals surface area contributed by atoms with Crippen LogP contribution in [0.3, 0.4) is 0 Å². The second-order valence-electron chi connectivity index (χ2n) is 9.16. The van der Waals surface area contributed by atoms with Gasteiger partial charge in [-0.2, -0.15) is 0 Å². The van der Waals surface area contributed by atoms with Gasteiger partial charge in [0.15, 0.2) is 5.82 Å². The summed E-state index contributed by atoms with van der Waals surface area (Å²) in [5.74, 6) is 1.66. The van der Waals surface area contributed by atoms with Crippen molar-refractivity contribution >= 4 is 16.8 Å². The van der Waals surface area contributed by atoms with E-state index in [-0.39, 0.29) is 11.9 Å². The van der Waals surface area contributed by atoms with Gasteiger partial charge in [0.05, 0.1) is 6.04 Å². The molecule has 0 aliphatic heterocycles. The zero-order valence-electron chi connectivity index (χ0n) is 20.5. The number of nitrogens with one attached hydrogen (secondary N) is 2. The van der Waals surface area contributed by atoms with E-state index in [0.717, 1.165) is 53.9 Å². The summed E-state index contributed by atoms with van der Waals surface area (Å²) in [4.78, 5) is 15.6. The highest BCUT2D eigenvalue weighted by atomic mass is 16.1. The fraction of sp³-hybridized carbons (Fsp3) is 0.233. The molecule has 0 unspecified atom stereocenters. The minimum Gasteiger partial charge on any atom is -0.361 e. The van der Waals surface area contributed by atoms with Gasteiger partial charge in [-0.25, -0.2) is 0 Å². The summed E-state index contributed by atoms with van der Waals surface area (Å²) in [5, 5.41) is 13.6. The Morgan fingerprint density at radius 3 is 2.25 bits per heavy atom. The van der Waals surface area contributed by atoms with Gasteiger partial charge in [0, 0.05) is 43.4 Å². The van der Waals surface area contributed by atoms with Crippen LogP contribution in [-0.2, 0) is 37.0 Å². The number of hydrogen-bond donors (Lipinski definition) is 2. The highest BCUT2D eigenvalue weighted by Gasteiger charge is 2.24. The second-order valence-corrected chi connectivity index (χ2v) is 9.16. The normalized spacial score (nSPS) is 12.0. The fourth-order valence-electron chi connectivity index (χ4n) is 4.79. The molecular weight excluding hydrogens is 446 g/mol. The predicted molar refractivity (Wildman–Crippen MR) is 143 cm³/mol. The largest absolute Gasteiger partial charge is 0.361 e. The molecule has 1 atom stereocenters. The lowest BCUT2D eigenvalue weighted by molar-refractivity contribution is -0.119. The number of fused-ring (bicyclic) bond motifs is 1. The van der Waals surface area contributed by atoms with E-state index in [0.29, 0.717) is 6.42 Å². The molecule has 6 nitrogen and oxygen atoms in total. The average molecular weight is 478 g/mol. The molecule has 1 amide bonds. The van der Waals surface area contributed by atoms with Crippen LogP contribution in [0, 0.1) is 0 Å². The molecule has 0 aliphatic rings. The molecule has 0 saturated carbocycles. The minimum atomic E-state index is -0.282. The molecule has 0 spiro atoms. The van der Waals surface area contributed by atoms with Crippen LogP contribution in [0.2, 0.25) is 0 Å². The van der Waals surface area contributed by atoms with Gasteiger partial charge in [-0.1, -0.05) is 78.9 Å². The molecule has 5 aromatic rings. The van der Waals surface area contributed by atoms with E-state index >= 15 is 0 Å². The lowest BCUT2D eigenvalue weighted by Crippen LogP contribution is -2.30. The third-order valence-corrected chi connectivity index (χ3v) is 6.59. The summed E-state index contributed by atoms with van der Waals surface area (Å²) in [6, 6.07) is 28.9. The maximum Gasteiger partial charge on any atom is 0.217 e. The molecule has 2 aromatic heterocycles. The summed E-state index contributed by atoms with van der Waals surface area (Å²) in [6.07, 6.45) is 5.19. The molecule has 0 bridgehead atoms. The van der Waals surface area contributed by atoms with Crippen molar-refractivity contribution in [2.75, 3.05) is 0 Å². The predicted octanol–water partition coefficient (Wildman–Crippen LogP) is 5.21.